The van der Waals surface area contributed by atoms with Crippen LogP contribution in [0.1, 0.15) is 23.0 Å². The third-order valence-electron chi connectivity index (χ3n) is 2.69. The molecular formula is C13H13NO3. The molecule has 0 bridgehead atoms. The number of hydrogen-bond acceptors (Lipinski definition) is 2. The van der Waals surface area contributed by atoms with Gasteiger partial charge in [-0.2, -0.15) is 0 Å². The van der Waals surface area contributed by atoms with Gasteiger partial charge in [0, 0.05) is 17.6 Å². The Hall–Kier alpha value is -2.23. The molecule has 0 saturated heterocycles. The van der Waals surface area contributed by atoms with Crippen molar-refractivity contribution in [2.45, 2.75) is 13.3 Å². The third kappa shape index (κ3) is 2.01. The van der Waals surface area contributed by atoms with Gasteiger partial charge in [-0.1, -0.05) is 6.92 Å². The van der Waals surface area contributed by atoms with Crippen LogP contribution in [0.2, 0.25) is 0 Å². The van der Waals surface area contributed by atoms with Gasteiger partial charge in [-0.05, 0) is 36.8 Å². The Balaban J connectivity index is 2.52. The predicted molar refractivity (Wildman–Crippen MR) is 63.8 cm³/mol. The van der Waals surface area contributed by atoms with Gasteiger partial charge in [0.25, 0.3) is 0 Å². The first-order valence-corrected chi connectivity index (χ1v) is 5.36. The van der Waals surface area contributed by atoms with Crippen molar-refractivity contribution >= 4 is 5.97 Å². The molecule has 0 aliphatic carbocycles. The molecule has 88 valence electrons. The summed E-state index contributed by atoms with van der Waals surface area (Å²) >= 11 is 0. The van der Waals surface area contributed by atoms with Crippen LogP contribution in [0.5, 0.6) is 5.75 Å². The second-order valence-corrected chi connectivity index (χ2v) is 3.72. The number of phenols is 1. The molecule has 0 aliphatic rings. The summed E-state index contributed by atoms with van der Waals surface area (Å²) in [5.74, 6) is -0.725. The topological polar surface area (TPSA) is 62.5 Å². The fraction of sp³-hybridized carbons (Fsp3) is 0.154. The number of phenolic OH excluding ortho intramolecular Hbond substituents is 1. The lowest BCUT2D eigenvalue weighted by molar-refractivity contribution is 0.0696. The van der Waals surface area contributed by atoms with E-state index in [-0.39, 0.29) is 5.75 Å². The van der Waals surface area contributed by atoms with E-state index in [4.69, 9.17) is 5.11 Å². The van der Waals surface area contributed by atoms with Crippen LogP contribution < -0.4 is 0 Å². The number of rotatable bonds is 3. The van der Waals surface area contributed by atoms with Crippen LogP contribution in [0, 0.1) is 0 Å². The summed E-state index contributed by atoms with van der Waals surface area (Å²) < 4.78 is 1.82. The number of aromatic carboxylic acids is 1. The Labute approximate surface area is 98.8 Å². The number of nitrogens with zero attached hydrogens (tertiary/aromatic N) is 1. The molecule has 0 amide bonds. The van der Waals surface area contributed by atoms with Gasteiger partial charge in [-0.25, -0.2) is 4.79 Å². The summed E-state index contributed by atoms with van der Waals surface area (Å²) in [6.45, 7) is 1.92. The van der Waals surface area contributed by atoms with Crippen molar-refractivity contribution in [3.05, 3.63) is 47.8 Å². The highest BCUT2D eigenvalue weighted by Gasteiger charge is 2.14. The Morgan fingerprint density at radius 1 is 1.24 bits per heavy atom. The van der Waals surface area contributed by atoms with E-state index < -0.39 is 5.97 Å². The van der Waals surface area contributed by atoms with Crippen molar-refractivity contribution in [3.8, 4) is 11.4 Å². The molecule has 1 aromatic carbocycles. The molecule has 1 aromatic heterocycles. The van der Waals surface area contributed by atoms with Crippen LogP contribution in [0.4, 0.5) is 0 Å². The van der Waals surface area contributed by atoms with Gasteiger partial charge >= 0.3 is 5.97 Å². The average molecular weight is 231 g/mol. The van der Waals surface area contributed by atoms with Crippen molar-refractivity contribution in [2.24, 2.45) is 0 Å². The van der Waals surface area contributed by atoms with Gasteiger partial charge in [0.15, 0.2) is 0 Å². The zero-order valence-electron chi connectivity index (χ0n) is 9.42. The highest BCUT2D eigenvalue weighted by Crippen LogP contribution is 2.20. The number of carboxylic acid groups (broad SMARTS) is 1. The van der Waals surface area contributed by atoms with E-state index in [1.807, 2.05) is 11.5 Å². The molecule has 0 saturated carbocycles. The van der Waals surface area contributed by atoms with Gasteiger partial charge in [0.1, 0.15) is 5.75 Å². The maximum atomic E-state index is 11.0. The number of benzene rings is 1. The molecule has 0 unspecified atom stereocenters. The lowest BCUT2D eigenvalue weighted by Gasteiger charge is -2.08. The lowest BCUT2D eigenvalue weighted by Crippen LogP contribution is -2.04. The molecule has 0 aliphatic heterocycles. The van der Waals surface area contributed by atoms with Crippen LogP contribution >= 0.6 is 0 Å². The van der Waals surface area contributed by atoms with Crippen LogP contribution in [0.3, 0.4) is 0 Å². The second-order valence-electron chi connectivity index (χ2n) is 3.72. The standard InChI is InChI=1S/C13H13NO3/c1-2-12-11(13(16)17)7-8-14(12)9-3-5-10(15)6-4-9/h3-8,15H,2H2,1H3,(H,16,17). The largest absolute Gasteiger partial charge is 0.508 e. The molecule has 4 nitrogen and oxygen atoms in total. The van der Waals surface area contributed by atoms with Crippen molar-refractivity contribution in [1.29, 1.82) is 0 Å². The molecule has 2 N–H and O–H groups in total. The first-order chi connectivity index (χ1) is 8.13. The van der Waals surface area contributed by atoms with Crippen molar-refractivity contribution < 1.29 is 15.0 Å². The van der Waals surface area contributed by atoms with Crippen LogP contribution in [-0.4, -0.2) is 20.7 Å². The Morgan fingerprint density at radius 3 is 2.41 bits per heavy atom. The quantitative estimate of drug-likeness (QED) is 0.852. The number of aromatic nitrogens is 1. The highest BCUT2D eigenvalue weighted by atomic mass is 16.4. The van der Waals surface area contributed by atoms with Gasteiger partial charge in [-0.3, -0.25) is 0 Å². The van der Waals surface area contributed by atoms with Crippen molar-refractivity contribution in [2.75, 3.05) is 0 Å². The first kappa shape index (κ1) is 11.3. The minimum atomic E-state index is -0.917. The summed E-state index contributed by atoms with van der Waals surface area (Å²) in [6.07, 6.45) is 2.37. The van der Waals surface area contributed by atoms with E-state index in [2.05, 4.69) is 0 Å². The van der Waals surface area contributed by atoms with Crippen molar-refractivity contribution in [1.82, 2.24) is 4.57 Å². The SMILES string of the molecule is CCc1c(C(=O)O)ccn1-c1ccc(O)cc1. The van der Waals surface area contributed by atoms with Gasteiger partial charge in [-0.15, -0.1) is 0 Å². The zero-order valence-corrected chi connectivity index (χ0v) is 9.42. The normalized spacial score (nSPS) is 10.4. The van der Waals surface area contributed by atoms with Gasteiger partial charge < -0.3 is 14.8 Å². The summed E-state index contributed by atoms with van der Waals surface area (Å²) in [7, 11) is 0. The molecule has 2 aromatic rings. The Morgan fingerprint density at radius 2 is 1.88 bits per heavy atom. The molecule has 0 radical (unpaired) electrons. The summed E-state index contributed by atoms with van der Waals surface area (Å²) in [5.41, 5.74) is 1.91. The minimum Gasteiger partial charge on any atom is -0.508 e. The van der Waals surface area contributed by atoms with Crippen molar-refractivity contribution in [3.63, 3.8) is 0 Å². The highest BCUT2D eigenvalue weighted by molar-refractivity contribution is 5.89. The van der Waals surface area contributed by atoms with E-state index in [1.165, 1.54) is 0 Å². The van der Waals surface area contributed by atoms with E-state index in [9.17, 15) is 9.90 Å². The Kier molecular flexibility index (Phi) is 2.87. The molecule has 4 heteroatoms. The predicted octanol–water partition coefficient (Wildman–Crippen LogP) is 2.44. The molecule has 0 spiro atoms. The fourth-order valence-corrected chi connectivity index (χ4v) is 1.88. The summed E-state index contributed by atoms with van der Waals surface area (Å²) in [4.78, 5) is 11.0. The van der Waals surface area contributed by atoms with Crippen LogP contribution in [0.25, 0.3) is 5.69 Å². The van der Waals surface area contributed by atoms with Gasteiger partial charge in [0.2, 0.25) is 0 Å². The minimum absolute atomic E-state index is 0.192. The monoisotopic (exact) mass is 231 g/mol. The molecule has 1 heterocycles. The molecule has 2 rings (SSSR count). The molecule has 17 heavy (non-hydrogen) atoms. The average Bonchev–Trinajstić information content (AvgIpc) is 2.73. The number of carboxylic acids is 1. The Bertz CT molecular complexity index is 540. The summed E-state index contributed by atoms with van der Waals surface area (Å²) in [6, 6.07) is 8.25. The lowest BCUT2D eigenvalue weighted by atomic mass is 10.2. The number of carbonyl (C=O) groups is 1. The fourth-order valence-electron chi connectivity index (χ4n) is 1.88. The van der Waals surface area contributed by atoms with Gasteiger partial charge in [0.05, 0.1) is 5.56 Å². The van der Waals surface area contributed by atoms with E-state index >= 15 is 0 Å². The van der Waals surface area contributed by atoms with Crippen LogP contribution in [-0.2, 0) is 6.42 Å². The van der Waals surface area contributed by atoms with E-state index in [1.54, 1.807) is 36.5 Å². The first-order valence-electron chi connectivity index (χ1n) is 5.36. The smallest absolute Gasteiger partial charge is 0.337 e. The second kappa shape index (κ2) is 4.33. The molecule has 0 atom stereocenters. The van der Waals surface area contributed by atoms with E-state index in [0.29, 0.717) is 12.0 Å². The third-order valence-corrected chi connectivity index (χ3v) is 2.69. The summed E-state index contributed by atoms with van der Waals surface area (Å²) in [5, 5.41) is 18.3. The molecular weight excluding hydrogens is 218 g/mol. The number of aromatic hydroxyl groups is 1. The number of hydrogen-bond donors (Lipinski definition) is 2. The van der Waals surface area contributed by atoms with Crippen LogP contribution in [0.15, 0.2) is 36.5 Å². The maximum Gasteiger partial charge on any atom is 0.337 e. The zero-order chi connectivity index (χ0) is 12.4. The molecule has 0 fully saturated rings. The maximum absolute atomic E-state index is 11.0. The van der Waals surface area contributed by atoms with E-state index in [0.717, 1.165) is 11.4 Å².